The number of amides is 2. The normalized spacial score (nSPS) is 11.5. The minimum absolute atomic E-state index is 0.229. The van der Waals surface area contributed by atoms with E-state index >= 15 is 0 Å². The Balaban J connectivity index is 1.78. The second-order valence-electron chi connectivity index (χ2n) is 7.18. The van der Waals surface area contributed by atoms with Crippen molar-refractivity contribution in [1.82, 2.24) is 0 Å². The van der Waals surface area contributed by atoms with E-state index in [1.165, 1.54) is 26.0 Å². The van der Waals surface area contributed by atoms with Gasteiger partial charge in [0.15, 0.2) is 0 Å². The van der Waals surface area contributed by atoms with E-state index in [0.29, 0.717) is 22.9 Å². The van der Waals surface area contributed by atoms with Gasteiger partial charge in [0.1, 0.15) is 16.7 Å². The highest BCUT2D eigenvalue weighted by molar-refractivity contribution is 8.00. The molecule has 1 atom stereocenters. The first-order valence-corrected chi connectivity index (χ1v) is 11.3. The van der Waals surface area contributed by atoms with Crippen LogP contribution in [0, 0.1) is 0 Å². The molecule has 3 aromatic carbocycles. The Bertz CT molecular complexity index is 1190. The summed E-state index contributed by atoms with van der Waals surface area (Å²) in [7, 11) is 3.08. The first kappa shape index (κ1) is 25.4. The summed E-state index contributed by atoms with van der Waals surface area (Å²) in [5.74, 6) is -0.876. The molecular weight excluding hydrogens is 468 g/mol. The molecule has 3 aromatic rings. The van der Waals surface area contributed by atoms with Gasteiger partial charge in [-0.2, -0.15) is 0 Å². The lowest BCUT2D eigenvalue weighted by Gasteiger charge is -2.18. The number of rotatable bonds is 10. The Morgan fingerprint density at radius 1 is 0.829 bits per heavy atom. The number of nitrogens with one attached hydrogen (secondary N) is 2. The molecule has 0 aromatic heterocycles. The van der Waals surface area contributed by atoms with Gasteiger partial charge in [-0.15, -0.1) is 11.8 Å². The van der Waals surface area contributed by atoms with Crippen LogP contribution in [0.3, 0.4) is 0 Å². The maximum absolute atomic E-state index is 13.3. The highest BCUT2D eigenvalue weighted by Gasteiger charge is 2.22. The van der Waals surface area contributed by atoms with Crippen LogP contribution < -0.4 is 20.1 Å². The number of aliphatic carboxylic acids is 1. The molecule has 0 aliphatic heterocycles. The molecule has 2 amide bonds. The number of ether oxygens (including phenoxy) is 2. The molecule has 0 saturated carbocycles. The Hall–Kier alpha value is -4.24. The van der Waals surface area contributed by atoms with E-state index in [1.807, 2.05) is 30.3 Å². The zero-order chi connectivity index (χ0) is 25.2. The number of carbonyl (C=O) groups is 3. The fraction of sp³-hybridized carbons (Fsp3) is 0.115. The minimum Gasteiger partial charge on any atom is -0.497 e. The van der Waals surface area contributed by atoms with Crippen molar-refractivity contribution in [2.75, 3.05) is 24.9 Å². The first-order valence-electron chi connectivity index (χ1n) is 10.5. The lowest BCUT2D eigenvalue weighted by molar-refractivity contribution is -0.131. The zero-order valence-corrected chi connectivity index (χ0v) is 19.9. The van der Waals surface area contributed by atoms with Gasteiger partial charge in [-0.25, -0.2) is 4.79 Å². The largest absolute Gasteiger partial charge is 0.497 e. The van der Waals surface area contributed by atoms with Crippen molar-refractivity contribution in [3.8, 4) is 11.5 Å². The van der Waals surface area contributed by atoms with Crippen LogP contribution in [0.25, 0.3) is 0 Å². The van der Waals surface area contributed by atoms with Crippen molar-refractivity contribution in [2.24, 2.45) is 0 Å². The van der Waals surface area contributed by atoms with E-state index in [0.717, 1.165) is 22.6 Å². The van der Waals surface area contributed by atoms with Crippen molar-refractivity contribution >= 4 is 40.9 Å². The third-order valence-corrected chi connectivity index (χ3v) is 5.98. The number of carboxylic acids is 1. The van der Waals surface area contributed by atoms with E-state index in [2.05, 4.69) is 10.6 Å². The maximum Gasteiger partial charge on any atom is 0.328 e. The molecule has 0 saturated heterocycles. The van der Waals surface area contributed by atoms with Crippen LogP contribution in [-0.4, -0.2) is 37.1 Å². The number of methoxy groups -OCH3 is 2. The number of benzene rings is 3. The predicted molar refractivity (Wildman–Crippen MR) is 135 cm³/mol. The van der Waals surface area contributed by atoms with Gasteiger partial charge in [0, 0.05) is 46.6 Å². The Labute approximate surface area is 207 Å². The Morgan fingerprint density at radius 2 is 1.46 bits per heavy atom. The summed E-state index contributed by atoms with van der Waals surface area (Å²) < 4.78 is 10.6. The van der Waals surface area contributed by atoms with Crippen LogP contribution in [0.2, 0.25) is 0 Å². The molecule has 180 valence electrons. The standard InChI is InChI=1S/C26H24N2O6S/c1-33-20-14-19(15-21(16-20)34-2)28-26(32)25(17-6-4-3-5-7-17)35-22-10-8-18(9-11-22)27-23(29)12-13-24(30)31/h3-16,25H,1-2H3,(H,27,29)(H,28,32)(H,30,31)/b13-12+. The van der Waals surface area contributed by atoms with Gasteiger partial charge < -0.3 is 25.2 Å². The summed E-state index contributed by atoms with van der Waals surface area (Å²) >= 11 is 1.35. The summed E-state index contributed by atoms with van der Waals surface area (Å²) in [6.07, 6.45) is 1.70. The average molecular weight is 493 g/mol. The van der Waals surface area contributed by atoms with Crippen LogP contribution in [0.5, 0.6) is 11.5 Å². The van der Waals surface area contributed by atoms with E-state index < -0.39 is 17.1 Å². The zero-order valence-electron chi connectivity index (χ0n) is 19.1. The number of carboxylic acid groups (broad SMARTS) is 1. The van der Waals surface area contributed by atoms with Crippen molar-refractivity contribution in [3.63, 3.8) is 0 Å². The van der Waals surface area contributed by atoms with Crippen LogP contribution in [0.1, 0.15) is 10.8 Å². The maximum atomic E-state index is 13.3. The Kier molecular flexibility index (Phi) is 8.91. The monoisotopic (exact) mass is 492 g/mol. The highest BCUT2D eigenvalue weighted by Crippen LogP contribution is 2.37. The number of thioether (sulfide) groups is 1. The predicted octanol–water partition coefficient (Wildman–Crippen LogP) is 4.76. The van der Waals surface area contributed by atoms with Crippen LogP contribution in [-0.2, 0) is 14.4 Å². The van der Waals surface area contributed by atoms with Gasteiger partial charge in [-0.1, -0.05) is 30.3 Å². The average Bonchev–Trinajstić information content (AvgIpc) is 2.87. The van der Waals surface area contributed by atoms with E-state index in [9.17, 15) is 14.4 Å². The molecule has 35 heavy (non-hydrogen) atoms. The first-order chi connectivity index (χ1) is 16.9. The second kappa shape index (κ2) is 12.3. The molecule has 0 fully saturated rings. The minimum atomic E-state index is -1.20. The van der Waals surface area contributed by atoms with Crippen LogP contribution >= 0.6 is 11.8 Å². The second-order valence-corrected chi connectivity index (χ2v) is 8.36. The van der Waals surface area contributed by atoms with Crippen molar-refractivity contribution in [2.45, 2.75) is 10.1 Å². The number of carbonyl (C=O) groups excluding carboxylic acids is 2. The molecule has 0 radical (unpaired) electrons. The quantitative estimate of drug-likeness (QED) is 0.276. The van der Waals surface area contributed by atoms with Gasteiger partial charge in [-0.05, 0) is 29.8 Å². The van der Waals surface area contributed by atoms with Gasteiger partial charge in [0.2, 0.25) is 11.8 Å². The van der Waals surface area contributed by atoms with E-state index in [4.69, 9.17) is 14.6 Å². The molecule has 0 heterocycles. The topological polar surface area (TPSA) is 114 Å². The fourth-order valence-corrected chi connectivity index (χ4v) is 4.10. The van der Waals surface area contributed by atoms with E-state index in [1.54, 1.807) is 42.5 Å². The molecule has 3 rings (SSSR count). The third-order valence-electron chi connectivity index (χ3n) is 4.71. The molecule has 8 nitrogen and oxygen atoms in total. The lowest BCUT2D eigenvalue weighted by atomic mass is 10.1. The van der Waals surface area contributed by atoms with Gasteiger partial charge in [-0.3, -0.25) is 9.59 Å². The highest BCUT2D eigenvalue weighted by atomic mass is 32.2. The summed E-state index contributed by atoms with van der Waals surface area (Å²) in [6.45, 7) is 0. The number of hydrogen-bond donors (Lipinski definition) is 3. The SMILES string of the molecule is COc1cc(NC(=O)C(Sc2ccc(NC(=O)/C=C/C(=O)O)cc2)c2ccccc2)cc(OC)c1. The van der Waals surface area contributed by atoms with Crippen LogP contribution in [0.15, 0.2) is 89.8 Å². The van der Waals surface area contributed by atoms with Crippen molar-refractivity contribution < 1.29 is 29.0 Å². The molecule has 1 unspecified atom stereocenters. The van der Waals surface area contributed by atoms with Gasteiger partial charge in [0.05, 0.1) is 14.2 Å². The molecule has 0 aliphatic rings. The molecule has 0 bridgehead atoms. The molecule has 3 N–H and O–H groups in total. The fourth-order valence-electron chi connectivity index (χ4n) is 3.07. The van der Waals surface area contributed by atoms with Crippen molar-refractivity contribution in [3.05, 3.63) is 90.5 Å². The van der Waals surface area contributed by atoms with Gasteiger partial charge in [0.25, 0.3) is 0 Å². The summed E-state index contributed by atoms with van der Waals surface area (Å²) in [4.78, 5) is 36.5. The van der Waals surface area contributed by atoms with E-state index in [-0.39, 0.29) is 5.91 Å². The molecule has 0 spiro atoms. The number of anilines is 2. The lowest BCUT2D eigenvalue weighted by Crippen LogP contribution is -2.19. The summed E-state index contributed by atoms with van der Waals surface area (Å²) in [6, 6.07) is 21.4. The summed E-state index contributed by atoms with van der Waals surface area (Å²) in [5.41, 5.74) is 1.86. The van der Waals surface area contributed by atoms with Crippen LogP contribution in [0.4, 0.5) is 11.4 Å². The van der Waals surface area contributed by atoms with Gasteiger partial charge >= 0.3 is 5.97 Å². The molecule has 0 aliphatic carbocycles. The molecular formula is C26H24N2O6S. The van der Waals surface area contributed by atoms with Crippen molar-refractivity contribution in [1.29, 1.82) is 0 Å². The number of hydrogen-bond acceptors (Lipinski definition) is 6. The molecule has 9 heteroatoms. The Morgan fingerprint density at radius 3 is 2.03 bits per heavy atom. The third kappa shape index (κ3) is 7.65. The smallest absolute Gasteiger partial charge is 0.328 e. The summed E-state index contributed by atoms with van der Waals surface area (Å²) in [5, 5.41) is 13.6.